The molecule has 2 aromatic heterocycles. The predicted molar refractivity (Wildman–Crippen MR) is 103 cm³/mol. The highest BCUT2D eigenvalue weighted by molar-refractivity contribution is 7.99. The normalized spacial score (nSPS) is 20.2. The van der Waals surface area contributed by atoms with Gasteiger partial charge < -0.3 is 14.5 Å². The molecular weight excluding hydrogens is 348 g/mol. The number of carbonyl (C=O) groups is 1. The summed E-state index contributed by atoms with van der Waals surface area (Å²) in [7, 11) is 0. The fourth-order valence-electron chi connectivity index (χ4n) is 3.25. The minimum absolute atomic E-state index is 0.0405. The number of rotatable bonds is 4. The summed E-state index contributed by atoms with van der Waals surface area (Å²) in [5, 5.41) is 0. The van der Waals surface area contributed by atoms with E-state index in [0.717, 1.165) is 36.8 Å². The number of hydrogen-bond acceptors (Lipinski definition) is 6. The summed E-state index contributed by atoms with van der Waals surface area (Å²) in [5.41, 5.74) is 0.645. The van der Waals surface area contributed by atoms with Crippen LogP contribution in [0.25, 0.3) is 0 Å². The molecule has 0 aromatic carbocycles. The van der Waals surface area contributed by atoms with Crippen LogP contribution in [0.5, 0.6) is 5.88 Å². The van der Waals surface area contributed by atoms with Crippen molar-refractivity contribution in [3.63, 3.8) is 0 Å². The molecule has 0 N–H and O–H groups in total. The summed E-state index contributed by atoms with van der Waals surface area (Å²) >= 11 is 1.90. The standard InChI is InChI=1S/C19H22N4O2S/c24-19(15-4-7-21-18(13-15)25-16-5-12-26-14-16)23-10-8-22(9-11-23)17-3-1-2-6-20-17/h1-4,6-7,13,16H,5,8-12,14H2. The number of piperazine rings is 1. The number of ether oxygens (including phenoxy) is 1. The number of anilines is 1. The third-order valence-electron chi connectivity index (χ3n) is 4.70. The minimum Gasteiger partial charge on any atom is -0.473 e. The smallest absolute Gasteiger partial charge is 0.254 e. The summed E-state index contributed by atoms with van der Waals surface area (Å²) in [6.45, 7) is 2.95. The Balaban J connectivity index is 1.37. The molecule has 6 nitrogen and oxygen atoms in total. The Kier molecular flexibility index (Phi) is 5.24. The highest BCUT2D eigenvalue weighted by Crippen LogP contribution is 2.23. The molecule has 7 heteroatoms. The summed E-state index contributed by atoms with van der Waals surface area (Å²) in [4.78, 5) is 25.6. The lowest BCUT2D eigenvalue weighted by molar-refractivity contribution is 0.0745. The summed E-state index contributed by atoms with van der Waals surface area (Å²) in [6, 6.07) is 9.45. The first-order valence-electron chi connectivity index (χ1n) is 8.95. The lowest BCUT2D eigenvalue weighted by Gasteiger charge is -2.35. The van der Waals surface area contributed by atoms with Gasteiger partial charge in [0.1, 0.15) is 11.9 Å². The summed E-state index contributed by atoms with van der Waals surface area (Å²) < 4.78 is 5.91. The van der Waals surface area contributed by atoms with E-state index in [1.807, 2.05) is 34.9 Å². The van der Waals surface area contributed by atoms with Gasteiger partial charge in [-0.05, 0) is 30.4 Å². The minimum atomic E-state index is 0.0405. The highest BCUT2D eigenvalue weighted by Gasteiger charge is 2.24. The lowest BCUT2D eigenvalue weighted by atomic mass is 10.2. The molecule has 1 atom stereocenters. The summed E-state index contributed by atoms with van der Waals surface area (Å²) in [6.07, 6.45) is 4.71. The van der Waals surface area contributed by atoms with Gasteiger partial charge in [-0.1, -0.05) is 6.07 Å². The Hall–Kier alpha value is -2.28. The second kappa shape index (κ2) is 7.95. The van der Waals surface area contributed by atoms with Crippen LogP contribution in [0.3, 0.4) is 0 Å². The molecular formula is C19H22N4O2S. The van der Waals surface area contributed by atoms with Crippen LogP contribution in [0.1, 0.15) is 16.8 Å². The zero-order valence-corrected chi connectivity index (χ0v) is 15.4. The van der Waals surface area contributed by atoms with E-state index in [0.29, 0.717) is 24.5 Å². The molecule has 0 spiro atoms. The molecule has 26 heavy (non-hydrogen) atoms. The van der Waals surface area contributed by atoms with Gasteiger partial charge in [0, 0.05) is 56.0 Å². The first-order chi connectivity index (χ1) is 12.8. The molecule has 2 aliphatic rings. The monoisotopic (exact) mass is 370 g/mol. The molecule has 2 aromatic rings. The first kappa shape index (κ1) is 17.1. The molecule has 2 saturated heterocycles. The van der Waals surface area contributed by atoms with Gasteiger partial charge >= 0.3 is 0 Å². The third-order valence-corrected chi connectivity index (χ3v) is 5.83. The van der Waals surface area contributed by atoms with Crippen molar-refractivity contribution in [2.45, 2.75) is 12.5 Å². The highest BCUT2D eigenvalue weighted by atomic mass is 32.2. The van der Waals surface area contributed by atoms with Crippen molar-refractivity contribution in [1.82, 2.24) is 14.9 Å². The molecule has 0 saturated carbocycles. The maximum Gasteiger partial charge on any atom is 0.254 e. The Morgan fingerprint density at radius 1 is 1.12 bits per heavy atom. The lowest BCUT2D eigenvalue weighted by Crippen LogP contribution is -2.49. The van der Waals surface area contributed by atoms with E-state index in [1.54, 1.807) is 24.5 Å². The third kappa shape index (κ3) is 3.93. The Labute approximate surface area is 157 Å². The van der Waals surface area contributed by atoms with Crippen LogP contribution < -0.4 is 9.64 Å². The van der Waals surface area contributed by atoms with E-state index in [9.17, 15) is 4.79 Å². The molecule has 2 fully saturated rings. The molecule has 4 rings (SSSR count). The van der Waals surface area contributed by atoms with E-state index in [1.165, 1.54) is 0 Å². The molecule has 0 aliphatic carbocycles. The predicted octanol–water partition coefficient (Wildman–Crippen LogP) is 2.32. The van der Waals surface area contributed by atoms with Crippen molar-refractivity contribution in [1.29, 1.82) is 0 Å². The molecule has 0 bridgehead atoms. The quantitative estimate of drug-likeness (QED) is 0.823. The fraction of sp³-hybridized carbons (Fsp3) is 0.421. The molecule has 0 radical (unpaired) electrons. The second-order valence-corrected chi connectivity index (χ2v) is 7.60. The van der Waals surface area contributed by atoms with Crippen molar-refractivity contribution >= 4 is 23.5 Å². The van der Waals surface area contributed by atoms with E-state index in [2.05, 4.69) is 14.9 Å². The van der Waals surface area contributed by atoms with Crippen LogP contribution in [-0.2, 0) is 0 Å². The van der Waals surface area contributed by atoms with Crippen molar-refractivity contribution < 1.29 is 9.53 Å². The van der Waals surface area contributed by atoms with Gasteiger partial charge in [-0.3, -0.25) is 4.79 Å². The van der Waals surface area contributed by atoms with E-state index < -0.39 is 0 Å². The van der Waals surface area contributed by atoms with Crippen LogP contribution in [-0.4, -0.2) is 64.6 Å². The number of aromatic nitrogens is 2. The van der Waals surface area contributed by atoms with Gasteiger partial charge in [0.2, 0.25) is 5.88 Å². The average Bonchev–Trinajstić information content (AvgIpc) is 3.21. The average molecular weight is 370 g/mol. The maximum absolute atomic E-state index is 12.8. The van der Waals surface area contributed by atoms with Gasteiger partial charge in [-0.2, -0.15) is 11.8 Å². The van der Waals surface area contributed by atoms with Crippen molar-refractivity contribution in [2.24, 2.45) is 0 Å². The van der Waals surface area contributed by atoms with E-state index >= 15 is 0 Å². The van der Waals surface area contributed by atoms with Gasteiger partial charge in [0.05, 0.1) is 0 Å². The van der Waals surface area contributed by atoms with Gasteiger partial charge in [0.15, 0.2) is 0 Å². The second-order valence-electron chi connectivity index (χ2n) is 6.45. The Bertz CT molecular complexity index is 744. The SMILES string of the molecule is O=C(c1ccnc(OC2CCSC2)c1)N1CCN(c2ccccn2)CC1. The van der Waals surface area contributed by atoms with Crippen LogP contribution in [0, 0.1) is 0 Å². The topological polar surface area (TPSA) is 58.6 Å². The van der Waals surface area contributed by atoms with Crippen LogP contribution in [0.15, 0.2) is 42.7 Å². The molecule has 1 unspecified atom stereocenters. The van der Waals surface area contributed by atoms with Crippen LogP contribution >= 0.6 is 11.8 Å². The number of nitrogens with zero attached hydrogens (tertiary/aromatic N) is 4. The maximum atomic E-state index is 12.8. The number of hydrogen-bond donors (Lipinski definition) is 0. The van der Waals surface area contributed by atoms with E-state index in [4.69, 9.17) is 4.74 Å². The molecule has 4 heterocycles. The molecule has 2 aliphatic heterocycles. The first-order valence-corrected chi connectivity index (χ1v) is 10.1. The fourth-order valence-corrected chi connectivity index (χ4v) is 4.34. The number of thioether (sulfide) groups is 1. The molecule has 136 valence electrons. The zero-order chi connectivity index (χ0) is 17.8. The van der Waals surface area contributed by atoms with Crippen molar-refractivity contribution in [3.8, 4) is 5.88 Å². The van der Waals surface area contributed by atoms with Crippen molar-refractivity contribution in [2.75, 3.05) is 42.6 Å². The van der Waals surface area contributed by atoms with Gasteiger partial charge in [-0.25, -0.2) is 9.97 Å². The van der Waals surface area contributed by atoms with Gasteiger partial charge in [-0.15, -0.1) is 0 Å². The number of amides is 1. The van der Waals surface area contributed by atoms with Crippen molar-refractivity contribution in [3.05, 3.63) is 48.3 Å². The summed E-state index contributed by atoms with van der Waals surface area (Å²) in [5.74, 6) is 3.68. The number of carbonyl (C=O) groups excluding carboxylic acids is 1. The number of pyridine rings is 2. The zero-order valence-electron chi connectivity index (χ0n) is 14.6. The van der Waals surface area contributed by atoms with E-state index in [-0.39, 0.29) is 12.0 Å². The Morgan fingerprint density at radius 2 is 2.00 bits per heavy atom. The largest absolute Gasteiger partial charge is 0.473 e. The van der Waals surface area contributed by atoms with Gasteiger partial charge in [0.25, 0.3) is 5.91 Å². The van der Waals surface area contributed by atoms with Crippen LogP contribution in [0.2, 0.25) is 0 Å². The Morgan fingerprint density at radius 3 is 2.73 bits per heavy atom. The van der Waals surface area contributed by atoms with Crippen LogP contribution in [0.4, 0.5) is 5.82 Å². The molecule has 1 amide bonds.